The standard InChI is InChI=1S/C20H39NO2.H3O4P/c1-3-5-6-7-8-9-10-11-12-13-14-15-16-17-19(23)20(21,4-2)18-22;1-5(2,3)4/h2,19,22-23H,3,5-18,21H2,1H3;(H3,1,2,3,4). The van der Waals surface area contributed by atoms with E-state index in [9.17, 15) is 5.11 Å². The van der Waals surface area contributed by atoms with Crippen molar-refractivity contribution in [3.63, 3.8) is 0 Å². The molecule has 0 aliphatic rings. The average molecular weight is 424 g/mol. The molecule has 2 atom stereocenters. The molecule has 0 amide bonds. The molecule has 28 heavy (non-hydrogen) atoms. The SMILES string of the molecule is C#CC(N)(CO)C(O)CCCCCCCCCCCCCCC.O=P(O)(O)O. The lowest BCUT2D eigenvalue weighted by Crippen LogP contribution is -2.52. The minimum absolute atomic E-state index is 0.372. The van der Waals surface area contributed by atoms with Crippen LogP contribution < -0.4 is 5.73 Å². The van der Waals surface area contributed by atoms with Crippen LogP contribution in [0.3, 0.4) is 0 Å². The fourth-order valence-electron chi connectivity index (χ4n) is 2.86. The molecule has 0 saturated carbocycles. The minimum Gasteiger partial charge on any atom is -0.393 e. The van der Waals surface area contributed by atoms with Crippen molar-refractivity contribution in [2.75, 3.05) is 6.61 Å². The van der Waals surface area contributed by atoms with Gasteiger partial charge in [-0.1, -0.05) is 96.3 Å². The van der Waals surface area contributed by atoms with Crippen molar-refractivity contribution in [1.82, 2.24) is 0 Å². The van der Waals surface area contributed by atoms with Gasteiger partial charge in [0.1, 0.15) is 5.54 Å². The highest BCUT2D eigenvalue weighted by molar-refractivity contribution is 7.45. The molecule has 0 aliphatic carbocycles. The third-order valence-electron chi connectivity index (χ3n) is 4.71. The van der Waals surface area contributed by atoms with Gasteiger partial charge in [0.05, 0.1) is 12.7 Å². The molecule has 0 spiro atoms. The van der Waals surface area contributed by atoms with Crippen molar-refractivity contribution in [2.45, 2.75) is 108 Å². The lowest BCUT2D eigenvalue weighted by Gasteiger charge is -2.26. The average Bonchev–Trinajstić information content (AvgIpc) is 2.63. The highest BCUT2D eigenvalue weighted by Crippen LogP contribution is 2.25. The van der Waals surface area contributed by atoms with E-state index in [-0.39, 0.29) is 6.61 Å². The third-order valence-corrected chi connectivity index (χ3v) is 4.71. The number of aliphatic hydroxyl groups excluding tert-OH is 2. The molecule has 0 heterocycles. The lowest BCUT2D eigenvalue weighted by molar-refractivity contribution is 0.0664. The number of aliphatic hydroxyl groups is 2. The molecule has 0 rings (SSSR count). The summed E-state index contributed by atoms with van der Waals surface area (Å²) < 4.78 is 8.88. The van der Waals surface area contributed by atoms with Gasteiger partial charge in [-0.25, -0.2) is 4.57 Å². The normalized spacial score (nSPS) is 14.5. The second-order valence-corrected chi connectivity index (χ2v) is 8.43. The van der Waals surface area contributed by atoms with E-state index in [2.05, 4.69) is 12.8 Å². The molecular weight excluding hydrogens is 381 g/mol. The zero-order valence-electron chi connectivity index (χ0n) is 17.4. The maximum atomic E-state index is 9.92. The number of hydrogen-bond acceptors (Lipinski definition) is 4. The molecule has 0 aromatic carbocycles. The van der Waals surface area contributed by atoms with E-state index in [1.807, 2.05) is 0 Å². The largest absolute Gasteiger partial charge is 0.466 e. The first-order chi connectivity index (χ1) is 13.1. The van der Waals surface area contributed by atoms with Crippen LogP contribution in [0.1, 0.15) is 96.8 Å². The first-order valence-corrected chi connectivity index (χ1v) is 12.0. The number of nitrogens with two attached hydrogens (primary N) is 1. The van der Waals surface area contributed by atoms with Crippen LogP contribution in [0.25, 0.3) is 0 Å². The van der Waals surface area contributed by atoms with Gasteiger partial charge in [0.25, 0.3) is 0 Å². The van der Waals surface area contributed by atoms with E-state index in [4.69, 9.17) is 36.5 Å². The Bertz CT molecular complexity index is 429. The predicted molar refractivity (Wildman–Crippen MR) is 113 cm³/mol. The summed E-state index contributed by atoms with van der Waals surface area (Å²) in [5.74, 6) is 2.30. The van der Waals surface area contributed by atoms with Crippen molar-refractivity contribution >= 4 is 7.82 Å². The fraction of sp³-hybridized carbons (Fsp3) is 0.900. The van der Waals surface area contributed by atoms with Gasteiger partial charge in [-0.05, 0) is 6.42 Å². The fourth-order valence-corrected chi connectivity index (χ4v) is 2.86. The topological polar surface area (TPSA) is 144 Å². The molecule has 0 fully saturated rings. The van der Waals surface area contributed by atoms with E-state index in [0.29, 0.717) is 6.42 Å². The van der Waals surface area contributed by atoms with Crippen molar-refractivity contribution in [1.29, 1.82) is 0 Å². The summed E-state index contributed by atoms with van der Waals surface area (Å²) in [4.78, 5) is 21.6. The molecule has 7 nitrogen and oxygen atoms in total. The Balaban J connectivity index is 0. The van der Waals surface area contributed by atoms with Crippen LogP contribution in [0.5, 0.6) is 0 Å². The van der Waals surface area contributed by atoms with Crippen LogP contribution in [0, 0.1) is 12.3 Å². The number of terminal acetylenes is 1. The first-order valence-electron chi connectivity index (χ1n) is 10.4. The molecule has 0 bridgehead atoms. The molecule has 0 radical (unpaired) electrons. The first kappa shape index (κ1) is 29.7. The quantitative estimate of drug-likeness (QED) is 0.127. The van der Waals surface area contributed by atoms with E-state index in [1.165, 1.54) is 70.6 Å². The Hall–Kier alpha value is -0.450. The summed E-state index contributed by atoms with van der Waals surface area (Å²) in [6.45, 7) is 1.89. The summed E-state index contributed by atoms with van der Waals surface area (Å²) in [6.07, 6.45) is 21.9. The van der Waals surface area contributed by atoms with Gasteiger partial charge in [-0.3, -0.25) is 0 Å². The Morgan fingerprint density at radius 3 is 1.50 bits per heavy atom. The van der Waals surface area contributed by atoms with Crippen LogP contribution in [0.15, 0.2) is 0 Å². The number of unbranched alkanes of at least 4 members (excludes halogenated alkanes) is 12. The molecule has 0 aliphatic heterocycles. The van der Waals surface area contributed by atoms with Gasteiger partial charge < -0.3 is 30.6 Å². The molecule has 0 aromatic heterocycles. The second-order valence-electron chi connectivity index (χ2n) is 7.40. The highest BCUT2D eigenvalue weighted by Gasteiger charge is 2.30. The second kappa shape index (κ2) is 18.6. The van der Waals surface area contributed by atoms with Gasteiger partial charge in [-0.2, -0.15) is 0 Å². The van der Waals surface area contributed by atoms with Crippen molar-refractivity contribution in [3.05, 3.63) is 0 Å². The lowest BCUT2D eigenvalue weighted by atomic mass is 9.91. The van der Waals surface area contributed by atoms with E-state index >= 15 is 0 Å². The van der Waals surface area contributed by atoms with Crippen LogP contribution in [-0.4, -0.2) is 43.1 Å². The van der Waals surface area contributed by atoms with Crippen molar-refractivity contribution < 1.29 is 29.5 Å². The zero-order chi connectivity index (χ0) is 21.9. The molecular formula is C20H42NO6P. The third kappa shape index (κ3) is 21.8. The summed E-state index contributed by atoms with van der Waals surface area (Å²) in [5.41, 5.74) is 4.47. The van der Waals surface area contributed by atoms with Crippen LogP contribution >= 0.6 is 7.82 Å². The summed E-state index contributed by atoms with van der Waals surface area (Å²) in [5, 5.41) is 19.0. The Morgan fingerprint density at radius 2 is 1.21 bits per heavy atom. The van der Waals surface area contributed by atoms with Crippen LogP contribution in [0.2, 0.25) is 0 Å². The zero-order valence-corrected chi connectivity index (χ0v) is 18.3. The number of hydrogen-bond donors (Lipinski definition) is 6. The molecule has 0 saturated heterocycles. The molecule has 8 heteroatoms. The van der Waals surface area contributed by atoms with Crippen LogP contribution in [0.4, 0.5) is 0 Å². The summed E-state index contributed by atoms with van der Waals surface area (Å²) in [7, 11) is -4.64. The highest BCUT2D eigenvalue weighted by atomic mass is 31.2. The van der Waals surface area contributed by atoms with E-state index in [0.717, 1.165) is 12.8 Å². The smallest absolute Gasteiger partial charge is 0.393 e. The van der Waals surface area contributed by atoms with Gasteiger partial charge in [0, 0.05) is 0 Å². The molecule has 7 N–H and O–H groups in total. The summed E-state index contributed by atoms with van der Waals surface area (Å²) >= 11 is 0. The van der Waals surface area contributed by atoms with E-state index in [1.54, 1.807) is 0 Å². The maximum Gasteiger partial charge on any atom is 0.466 e. The monoisotopic (exact) mass is 423 g/mol. The predicted octanol–water partition coefficient (Wildman–Crippen LogP) is 3.22. The Kier molecular flexibility index (Phi) is 19.7. The summed E-state index contributed by atoms with van der Waals surface area (Å²) in [6, 6.07) is 0. The van der Waals surface area contributed by atoms with Crippen molar-refractivity contribution in [2.24, 2.45) is 5.73 Å². The Morgan fingerprint density at radius 1 is 0.893 bits per heavy atom. The van der Waals surface area contributed by atoms with E-state index < -0.39 is 19.5 Å². The Labute approximate surface area is 171 Å². The molecule has 2 unspecified atom stereocenters. The maximum absolute atomic E-state index is 9.92. The molecule has 0 aromatic rings. The van der Waals surface area contributed by atoms with Gasteiger partial charge in [0.2, 0.25) is 0 Å². The van der Waals surface area contributed by atoms with Crippen molar-refractivity contribution in [3.8, 4) is 12.3 Å². The van der Waals surface area contributed by atoms with Gasteiger partial charge in [0.15, 0.2) is 0 Å². The molecule has 168 valence electrons. The number of rotatable bonds is 16. The van der Waals surface area contributed by atoms with Gasteiger partial charge >= 0.3 is 7.82 Å². The number of phosphoric acid groups is 1. The van der Waals surface area contributed by atoms with Gasteiger partial charge in [-0.15, -0.1) is 6.42 Å². The van der Waals surface area contributed by atoms with Crippen LogP contribution in [-0.2, 0) is 4.57 Å². The minimum atomic E-state index is -4.64.